The van der Waals surface area contributed by atoms with Gasteiger partial charge in [0.1, 0.15) is 5.41 Å². The van der Waals surface area contributed by atoms with E-state index in [0.717, 1.165) is 4.90 Å². The van der Waals surface area contributed by atoms with Gasteiger partial charge in [0.05, 0.1) is 12.3 Å². The number of barbiturate groups is 1. The number of ether oxygens (including phenoxy) is 1. The Balaban J connectivity index is 2.48. The van der Waals surface area contributed by atoms with Crippen molar-refractivity contribution in [3.05, 3.63) is 29.8 Å². The topological polar surface area (TPSA) is 75.7 Å². The maximum atomic E-state index is 12.4. The highest BCUT2D eigenvalue weighted by atomic mass is 16.5. The minimum absolute atomic E-state index is 0.265. The van der Waals surface area contributed by atoms with Gasteiger partial charge in [-0.25, -0.2) is 9.69 Å². The fourth-order valence-electron chi connectivity index (χ4n) is 2.00. The van der Waals surface area contributed by atoms with E-state index in [1.54, 1.807) is 24.3 Å². The summed E-state index contributed by atoms with van der Waals surface area (Å²) in [6.45, 7) is 3.24. The minimum atomic E-state index is -1.28. The number of carbonyl (C=O) groups excluding carboxylic acids is 3. The number of methoxy groups -OCH3 is 1. The Morgan fingerprint density at radius 3 is 2.50 bits per heavy atom. The molecule has 0 unspecified atom stereocenters. The lowest BCUT2D eigenvalue weighted by Gasteiger charge is -2.35. The first-order chi connectivity index (χ1) is 9.39. The molecule has 4 amide bonds. The van der Waals surface area contributed by atoms with E-state index >= 15 is 0 Å². The molecule has 1 N–H and O–H groups in total. The summed E-state index contributed by atoms with van der Waals surface area (Å²) in [6.07, 6.45) is 0. The van der Waals surface area contributed by atoms with Crippen molar-refractivity contribution in [2.24, 2.45) is 5.41 Å². The highest BCUT2D eigenvalue weighted by Gasteiger charge is 2.47. The third-order valence-electron chi connectivity index (χ3n) is 3.26. The van der Waals surface area contributed by atoms with Crippen molar-refractivity contribution in [2.45, 2.75) is 20.5 Å². The second-order valence-corrected chi connectivity index (χ2v) is 5.09. The molecule has 1 saturated heterocycles. The molecule has 0 radical (unpaired) electrons. The van der Waals surface area contributed by atoms with Gasteiger partial charge < -0.3 is 4.74 Å². The van der Waals surface area contributed by atoms with E-state index in [-0.39, 0.29) is 6.61 Å². The number of anilines is 1. The van der Waals surface area contributed by atoms with Gasteiger partial charge >= 0.3 is 6.03 Å². The van der Waals surface area contributed by atoms with E-state index in [1.165, 1.54) is 21.0 Å². The molecule has 20 heavy (non-hydrogen) atoms. The molecule has 0 atom stereocenters. The molecule has 1 aromatic carbocycles. The lowest BCUT2D eigenvalue weighted by atomic mass is 9.88. The highest BCUT2D eigenvalue weighted by molar-refractivity contribution is 6.29. The van der Waals surface area contributed by atoms with Gasteiger partial charge in [0.25, 0.3) is 0 Å². The van der Waals surface area contributed by atoms with E-state index in [4.69, 9.17) is 4.74 Å². The molecule has 1 aromatic rings. The van der Waals surface area contributed by atoms with Crippen LogP contribution in [-0.4, -0.2) is 25.0 Å². The molecule has 0 saturated carbocycles. The van der Waals surface area contributed by atoms with E-state index in [9.17, 15) is 14.4 Å². The van der Waals surface area contributed by atoms with Crippen LogP contribution in [0, 0.1) is 5.41 Å². The number of hydrogen-bond donors (Lipinski definition) is 1. The molecule has 1 aliphatic heterocycles. The Hall–Kier alpha value is -2.21. The van der Waals surface area contributed by atoms with Gasteiger partial charge in [-0.1, -0.05) is 18.2 Å². The summed E-state index contributed by atoms with van der Waals surface area (Å²) in [5.41, 5.74) is -0.158. The Kier molecular flexibility index (Phi) is 3.59. The maximum Gasteiger partial charge on any atom is 0.335 e. The fourth-order valence-corrected chi connectivity index (χ4v) is 2.00. The fraction of sp³-hybridized carbons (Fsp3) is 0.357. The SMILES string of the molecule is COCc1ccccc1N1C(=O)NC(=O)C(C)(C)C1=O. The zero-order valence-corrected chi connectivity index (χ0v) is 11.6. The third kappa shape index (κ3) is 2.18. The summed E-state index contributed by atoms with van der Waals surface area (Å²) < 4.78 is 5.07. The molecule has 1 heterocycles. The first-order valence-corrected chi connectivity index (χ1v) is 6.16. The molecular weight excluding hydrogens is 260 g/mol. The van der Waals surface area contributed by atoms with Crippen molar-refractivity contribution >= 4 is 23.5 Å². The summed E-state index contributed by atoms with van der Waals surface area (Å²) in [5.74, 6) is -1.14. The van der Waals surface area contributed by atoms with Crippen LogP contribution >= 0.6 is 0 Å². The molecular formula is C14H16N2O4. The van der Waals surface area contributed by atoms with Crippen molar-refractivity contribution in [3.8, 4) is 0 Å². The second-order valence-electron chi connectivity index (χ2n) is 5.09. The molecule has 6 heteroatoms. The van der Waals surface area contributed by atoms with E-state index in [2.05, 4.69) is 5.32 Å². The smallest absolute Gasteiger partial charge is 0.335 e. The number of imide groups is 2. The number of carbonyl (C=O) groups is 3. The van der Waals surface area contributed by atoms with Crippen LogP contribution in [0.5, 0.6) is 0 Å². The number of para-hydroxylation sites is 1. The van der Waals surface area contributed by atoms with Crippen molar-refractivity contribution in [1.82, 2.24) is 5.32 Å². The number of hydrogen-bond acceptors (Lipinski definition) is 4. The zero-order chi connectivity index (χ0) is 14.9. The summed E-state index contributed by atoms with van der Waals surface area (Å²) in [6, 6.07) is 6.20. The summed E-state index contributed by atoms with van der Waals surface area (Å²) in [5, 5.41) is 2.20. The van der Waals surface area contributed by atoms with Gasteiger partial charge in [-0.2, -0.15) is 0 Å². The number of urea groups is 1. The number of nitrogens with zero attached hydrogens (tertiary/aromatic N) is 1. The van der Waals surface area contributed by atoms with Crippen LogP contribution in [0.2, 0.25) is 0 Å². The second kappa shape index (κ2) is 5.05. The molecule has 106 valence electrons. The number of nitrogens with one attached hydrogen (secondary N) is 1. The largest absolute Gasteiger partial charge is 0.380 e. The number of rotatable bonds is 3. The van der Waals surface area contributed by atoms with Crippen LogP contribution in [0.25, 0.3) is 0 Å². The Labute approximate surface area is 116 Å². The Morgan fingerprint density at radius 2 is 1.85 bits per heavy atom. The van der Waals surface area contributed by atoms with Crippen LogP contribution < -0.4 is 10.2 Å². The van der Waals surface area contributed by atoms with Gasteiger partial charge in [-0.3, -0.25) is 14.9 Å². The number of benzene rings is 1. The van der Waals surface area contributed by atoms with Gasteiger partial charge in [0.15, 0.2) is 0 Å². The third-order valence-corrected chi connectivity index (χ3v) is 3.26. The monoisotopic (exact) mass is 276 g/mol. The van der Waals surface area contributed by atoms with E-state index in [0.29, 0.717) is 11.3 Å². The van der Waals surface area contributed by atoms with Crippen LogP contribution in [-0.2, 0) is 20.9 Å². The van der Waals surface area contributed by atoms with E-state index in [1.807, 2.05) is 0 Å². The summed E-state index contributed by atoms with van der Waals surface area (Å²) >= 11 is 0. The highest BCUT2D eigenvalue weighted by Crippen LogP contribution is 2.30. The van der Waals surface area contributed by atoms with Crippen LogP contribution in [0.15, 0.2) is 24.3 Å². The zero-order valence-electron chi connectivity index (χ0n) is 11.6. The van der Waals surface area contributed by atoms with Crippen LogP contribution in [0.3, 0.4) is 0 Å². The van der Waals surface area contributed by atoms with Crippen LogP contribution in [0.4, 0.5) is 10.5 Å². The predicted octanol–water partition coefficient (Wildman–Crippen LogP) is 1.44. The average molecular weight is 276 g/mol. The number of amides is 4. The molecule has 0 aliphatic carbocycles. The van der Waals surface area contributed by atoms with Crippen molar-refractivity contribution in [3.63, 3.8) is 0 Å². The first-order valence-electron chi connectivity index (χ1n) is 6.16. The van der Waals surface area contributed by atoms with Crippen LogP contribution in [0.1, 0.15) is 19.4 Å². The predicted molar refractivity (Wildman–Crippen MR) is 72.0 cm³/mol. The molecule has 0 aromatic heterocycles. The summed E-state index contributed by atoms with van der Waals surface area (Å²) in [4.78, 5) is 37.1. The lowest BCUT2D eigenvalue weighted by Crippen LogP contribution is -2.62. The van der Waals surface area contributed by atoms with Gasteiger partial charge in [0, 0.05) is 12.7 Å². The quantitative estimate of drug-likeness (QED) is 0.848. The molecule has 1 fully saturated rings. The minimum Gasteiger partial charge on any atom is -0.380 e. The summed E-state index contributed by atoms with van der Waals surface area (Å²) in [7, 11) is 1.53. The Bertz CT molecular complexity index is 580. The molecule has 6 nitrogen and oxygen atoms in total. The molecule has 1 aliphatic rings. The molecule has 2 rings (SSSR count). The van der Waals surface area contributed by atoms with Crippen molar-refractivity contribution < 1.29 is 19.1 Å². The van der Waals surface area contributed by atoms with Crippen molar-refractivity contribution in [1.29, 1.82) is 0 Å². The normalized spacial score (nSPS) is 18.1. The maximum absolute atomic E-state index is 12.4. The van der Waals surface area contributed by atoms with Crippen molar-refractivity contribution in [2.75, 3.05) is 12.0 Å². The molecule has 0 bridgehead atoms. The van der Waals surface area contributed by atoms with Gasteiger partial charge in [-0.05, 0) is 19.9 Å². The lowest BCUT2D eigenvalue weighted by molar-refractivity contribution is -0.140. The van der Waals surface area contributed by atoms with Gasteiger partial charge in [0.2, 0.25) is 11.8 Å². The Morgan fingerprint density at radius 1 is 1.20 bits per heavy atom. The average Bonchev–Trinajstić information content (AvgIpc) is 2.39. The van der Waals surface area contributed by atoms with Gasteiger partial charge in [-0.15, -0.1) is 0 Å². The first kappa shape index (κ1) is 14.2. The standard InChI is InChI=1S/C14H16N2O4/c1-14(2)11(17)15-13(19)16(12(14)18)10-7-5-4-6-9(10)8-20-3/h4-7H,8H2,1-3H3,(H,15,17,19). The molecule has 0 spiro atoms. The van der Waals surface area contributed by atoms with E-state index < -0.39 is 23.3 Å².